The number of nitrogens with zero attached hydrogens (tertiary/aromatic N) is 1. The smallest absolute Gasteiger partial charge is 0.267 e. The monoisotopic (exact) mass is 149 g/mol. The van der Waals surface area contributed by atoms with Crippen LogP contribution in [0.5, 0.6) is 0 Å². The van der Waals surface area contributed by atoms with Crippen molar-refractivity contribution >= 4 is 17.5 Å². The summed E-state index contributed by atoms with van der Waals surface area (Å²) in [4.78, 5) is 12.4. The molecule has 1 amide bonds. The van der Waals surface area contributed by atoms with E-state index in [0.717, 1.165) is 0 Å². The first-order valence-corrected chi connectivity index (χ1v) is 3.16. The molecule has 4 heteroatoms. The van der Waals surface area contributed by atoms with Crippen molar-refractivity contribution < 1.29 is 9.53 Å². The maximum atomic E-state index is 10.8. The van der Waals surface area contributed by atoms with Gasteiger partial charge in [0.15, 0.2) is 0 Å². The Morgan fingerprint density at radius 2 is 2.56 bits per heavy atom. The van der Waals surface area contributed by atoms with Crippen LogP contribution in [0.25, 0.3) is 0 Å². The maximum Gasteiger partial charge on any atom is 0.267 e. The van der Waals surface area contributed by atoms with Gasteiger partial charge < -0.3 is 9.64 Å². The number of amides is 1. The standard InChI is InChI=1S/C5H8ClNO2/c1-7-2-3-9-4(6)5(7)8/h4H,2-3H2,1H3. The SMILES string of the molecule is CN1CCOC(Cl)C1=O. The van der Waals surface area contributed by atoms with Crippen molar-refractivity contribution in [2.24, 2.45) is 0 Å². The molecule has 0 bridgehead atoms. The Hall–Kier alpha value is -0.280. The molecule has 52 valence electrons. The van der Waals surface area contributed by atoms with E-state index in [2.05, 4.69) is 0 Å². The summed E-state index contributed by atoms with van der Waals surface area (Å²) < 4.78 is 4.83. The highest BCUT2D eigenvalue weighted by atomic mass is 35.5. The van der Waals surface area contributed by atoms with E-state index in [1.165, 1.54) is 0 Å². The Morgan fingerprint density at radius 1 is 1.89 bits per heavy atom. The Bertz CT molecular complexity index is 116. The van der Waals surface area contributed by atoms with E-state index in [4.69, 9.17) is 16.3 Å². The molecule has 9 heavy (non-hydrogen) atoms. The zero-order valence-electron chi connectivity index (χ0n) is 5.13. The van der Waals surface area contributed by atoms with Crippen LogP contribution in [0.4, 0.5) is 0 Å². The van der Waals surface area contributed by atoms with Gasteiger partial charge in [-0.1, -0.05) is 11.6 Å². The van der Waals surface area contributed by atoms with Gasteiger partial charge in [-0.25, -0.2) is 0 Å². The Kier molecular flexibility index (Phi) is 1.93. The summed E-state index contributed by atoms with van der Waals surface area (Å²) in [6, 6.07) is 0. The molecule has 0 spiro atoms. The minimum atomic E-state index is -0.760. The van der Waals surface area contributed by atoms with E-state index in [1.807, 2.05) is 0 Å². The third-order valence-electron chi connectivity index (χ3n) is 1.26. The van der Waals surface area contributed by atoms with Crippen LogP contribution in [-0.4, -0.2) is 36.6 Å². The normalized spacial score (nSPS) is 28.9. The van der Waals surface area contributed by atoms with Crippen molar-refractivity contribution in [2.45, 2.75) is 5.56 Å². The van der Waals surface area contributed by atoms with Crippen LogP contribution >= 0.6 is 11.6 Å². The van der Waals surface area contributed by atoms with Gasteiger partial charge in [-0.2, -0.15) is 0 Å². The molecule has 0 aliphatic carbocycles. The summed E-state index contributed by atoms with van der Waals surface area (Å²) in [5.41, 5.74) is -0.760. The first-order chi connectivity index (χ1) is 4.22. The third kappa shape index (κ3) is 1.34. The quantitative estimate of drug-likeness (QED) is 0.455. The van der Waals surface area contributed by atoms with Crippen LogP contribution in [0.1, 0.15) is 0 Å². The second kappa shape index (κ2) is 2.54. The van der Waals surface area contributed by atoms with Crippen LogP contribution in [0.15, 0.2) is 0 Å². The number of carbonyl (C=O) groups is 1. The number of hydrogen-bond acceptors (Lipinski definition) is 2. The highest BCUT2D eigenvalue weighted by molar-refractivity contribution is 6.29. The number of alkyl halides is 1. The number of morpholine rings is 1. The van der Waals surface area contributed by atoms with Gasteiger partial charge in [-0.05, 0) is 0 Å². The molecule has 0 aromatic heterocycles. The molecule has 1 unspecified atom stereocenters. The summed E-state index contributed by atoms with van der Waals surface area (Å²) in [5, 5.41) is 0. The lowest BCUT2D eigenvalue weighted by atomic mass is 10.4. The largest absolute Gasteiger partial charge is 0.352 e. The number of carbonyl (C=O) groups excluding carboxylic acids is 1. The number of rotatable bonds is 0. The molecule has 0 saturated carbocycles. The fourth-order valence-electron chi connectivity index (χ4n) is 0.648. The predicted molar refractivity (Wildman–Crippen MR) is 33.2 cm³/mol. The second-order valence-electron chi connectivity index (χ2n) is 1.95. The van der Waals surface area contributed by atoms with Gasteiger partial charge in [0.05, 0.1) is 6.61 Å². The highest BCUT2D eigenvalue weighted by Crippen LogP contribution is 2.07. The molecule has 0 aromatic rings. The van der Waals surface area contributed by atoms with Crippen molar-refractivity contribution in [3.8, 4) is 0 Å². The number of likely N-dealkylation sites (N-methyl/N-ethyl adjacent to an activating group) is 1. The summed E-state index contributed by atoms with van der Waals surface area (Å²) in [7, 11) is 1.71. The molecular formula is C5H8ClNO2. The van der Waals surface area contributed by atoms with Crippen molar-refractivity contribution in [1.82, 2.24) is 4.90 Å². The third-order valence-corrected chi connectivity index (χ3v) is 1.57. The molecule has 1 atom stereocenters. The molecule has 1 saturated heterocycles. The minimum Gasteiger partial charge on any atom is -0.352 e. The van der Waals surface area contributed by atoms with Gasteiger partial charge in [0.25, 0.3) is 5.91 Å². The Balaban J connectivity index is 2.52. The van der Waals surface area contributed by atoms with Crippen LogP contribution in [0.2, 0.25) is 0 Å². The van der Waals surface area contributed by atoms with Gasteiger partial charge in [0.2, 0.25) is 5.56 Å². The molecule has 0 radical (unpaired) electrons. The first-order valence-electron chi connectivity index (χ1n) is 2.72. The first kappa shape index (κ1) is 6.83. The van der Waals surface area contributed by atoms with Gasteiger partial charge in [-0.3, -0.25) is 4.79 Å². The summed E-state index contributed by atoms with van der Waals surface area (Å²) in [5.74, 6) is -0.150. The number of halogens is 1. The van der Waals surface area contributed by atoms with Crippen molar-refractivity contribution in [3.63, 3.8) is 0 Å². The zero-order chi connectivity index (χ0) is 6.85. The average Bonchev–Trinajstić information content (AvgIpc) is 1.83. The molecule has 1 fully saturated rings. The molecule has 1 heterocycles. The van der Waals surface area contributed by atoms with Crippen molar-refractivity contribution in [1.29, 1.82) is 0 Å². The van der Waals surface area contributed by atoms with Crippen LogP contribution in [0.3, 0.4) is 0 Å². The minimum absolute atomic E-state index is 0.150. The lowest BCUT2D eigenvalue weighted by Gasteiger charge is -2.25. The van der Waals surface area contributed by atoms with Gasteiger partial charge in [0.1, 0.15) is 0 Å². The van der Waals surface area contributed by atoms with E-state index in [0.29, 0.717) is 13.2 Å². The lowest BCUT2D eigenvalue weighted by Crippen LogP contribution is -2.42. The van der Waals surface area contributed by atoms with Gasteiger partial charge in [0, 0.05) is 13.6 Å². The van der Waals surface area contributed by atoms with Crippen LogP contribution < -0.4 is 0 Å². The highest BCUT2D eigenvalue weighted by Gasteiger charge is 2.24. The van der Waals surface area contributed by atoms with Crippen molar-refractivity contribution in [2.75, 3.05) is 20.2 Å². The predicted octanol–water partition coefficient (Wildman–Crippen LogP) is 0.0399. The lowest BCUT2D eigenvalue weighted by molar-refractivity contribution is -0.144. The molecule has 3 nitrogen and oxygen atoms in total. The van der Waals surface area contributed by atoms with Gasteiger partial charge >= 0.3 is 0 Å². The van der Waals surface area contributed by atoms with Crippen LogP contribution in [0, 0.1) is 0 Å². The maximum absolute atomic E-state index is 10.8. The van der Waals surface area contributed by atoms with E-state index in [1.54, 1.807) is 11.9 Å². The molecular weight excluding hydrogens is 142 g/mol. The van der Waals surface area contributed by atoms with Gasteiger partial charge in [-0.15, -0.1) is 0 Å². The van der Waals surface area contributed by atoms with Crippen molar-refractivity contribution in [3.05, 3.63) is 0 Å². The molecule has 1 rings (SSSR count). The summed E-state index contributed by atoms with van der Waals surface area (Å²) in [6.45, 7) is 1.18. The van der Waals surface area contributed by atoms with E-state index in [9.17, 15) is 4.79 Å². The van der Waals surface area contributed by atoms with E-state index in [-0.39, 0.29) is 5.91 Å². The molecule has 0 aromatic carbocycles. The molecule has 0 N–H and O–H groups in total. The zero-order valence-corrected chi connectivity index (χ0v) is 5.89. The second-order valence-corrected chi connectivity index (χ2v) is 2.34. The topological polar surface area (TPSA) is 29.5 Å². The Morgan fingerprint density at radius 3 is 3.00 bits per heavy atom. The number of hydrogen-bond donors (Lipinski definition) is 0. The van der Waals surface area contributed by atoms with E-state index >= 15 is 0 Å². The van der Waals surface area contributed by atoms with E-state index < -0.39 is 5.56 Å². The molecule has 1 aliphatic heterocycles. The average molecular weight is 150 g/mol. The fraction of sp³-hybridized carbons (Fsp3) is 0.800. The summed E-state index contributed by atoms with van der Waals surface area (Å²) >= 11 is 5.45. The fourth-order valence-corrected chi connectivity index (χ4v) is 0.904. The Labute approximate surface area is 58.5 Å². The number of ether oxygens (including phenoxy) is 1. The summed E-state index contributed by atoms with van der Waals surface area (Å²) in [6.07, 6.45) is 0. The molecule has 1 aliphatic rings. The van der Waals surface area contributed by atoms with Crippen LogP contribution in [-0.2, 0) is 9.53 Å².